The van der Waals surface area contributed by atoms with Crippen molar-refractivity contribution < 1.29 is 9.13 Å². The molecule has 0 heterocycles. The van der Waals surface area contributed by atoms with Crippen molar-refractivity contribution in [1.82, 2.24) is 0 Å². The molecule has 0 radical (unpaired) electrons. The van der Waals surface area contributed by atoms with E-state index in [1.807, 2.05) is 20.8 Å². The molecule has 78 valence electrons. The van der Waals surface area contributed by atoms with Gasteiger partial charge in [-0.1, -0.05) is 20.8 Å². The zero-order valence-electron chi connectivity index (χ0n) is 9.23. The standard InChI is InChI=1S/C12H17FO/c1-5-9-6-11(13)10(8(2)3)7-12(9)14-4/h6-8H,5H2,1-4H3. The van der Waals surface area contributed by atoms with E-state index in [-0.39, 0.29) is 11.7 Å². The van der Waals surface area contributed by atoms with Gasteiger partial charge < -0.3 is 4.74 Å². The van der Waals surface area contributed by atoms with E-state index in [1.165, 1.54) is 0 Å². The highest BCUT2D eigenvalue weighted by atomic mass is 19.1. The van der Waals surface area contributed by atoms with Gasteiger partial charge in [0, 0.05) is 0 Å². The summed E-state index contributed by atoms with van der Waals surface area (Å²) in [5, 5.41) is 0. The molecule has 0 unspecified atom stereocenters. The molecule has 0 bridgehead atoms. The Morgan fingerprint density at radius 3 is 2.43 bits per heavy atom. The molecule has 1 aromatic carbocycles. The van der Waals surface area contributed by atoms with Crippen molar-refractivity contribution in [2.45, 2.75) is 33.1 Å². The molecule has 0 N–H and O–H groups in total. The van der Waals surface area contributed by atoms with E-state index in [0.29, 0.717) is 0 Å². The molecule has 1 aromatic rings. The molecule has 0 aliphatic carbocycles. The van der Waals surface area contributed by atoms with Crippen molar-refractivity contribution in [1.29, 1.82) is 0 Å². The van der Waals surface area contributed by atoms with Gasteiger partial charge in [0.2, 0.25) is 0 Å². The van der Waals surface area contributed by atoms with Gasteiger partial charge in [0.1, 0.15) is 11.6 Å². The molecule has 0 amide bonds. The second kappa shape index (κ2) is 4.45. The van der Waals surface area contributed by atoms with Crippen LogP contribution in [0.15, 0.2) is 12.1 Å². The molecule has 0 aromatic heterocycles. The number of rotatable bonds is 3. The number of hydrogen-bond donors (Lipinski definition) is 0. The number of aryl methyl sites for hydroxylation is 1. The molecule has 0 fully saturated rings. The van der Waals surface area contributed by atoms with Crippen molar-refractivity contribution in [3.05, 3.63) is 29.1 Å². The summed E-state index contributed by atoms with van der Waals surface area (Å²) in [6.07, 6.45) is 0.790. The first-order valence-electron chi connectivity index (χ1n) is 4.96. The van der Waals surface area contributed by atoms with Crippen LogP contribution in [0.25, 0.3) is 0 Å². The van der Waals surface area contributed by atoms with Gasteiger partial charge in [-0.05, 0) is 35.6 Å². The molecular formula is C12H17FO. The Kier molecular flexibility index (Phi) is 3.50. The van der Waals surface area contributed by atoms with Crippen LogP contribution >= 0.6 is 0 Å². The van der Waals surface area contributed by atoms with E-state index in [4.69, 9.17) is 4.74 Å². The summed E-state index contributed by atoms with van der Waals surface area (Å²) < 4.78 is 18.8. The first-order chi connectivity index (χ1) is 6.60. The van der Waals surface area contributed by atoms with Crippen LogP contribution < -0.4 is 4.74 Å². The van der Waals surface area contributed by atoms with E-state index in [0.717, 1.165) is 23.3 Å². The normalized spacial score (nSPS) is 10.7. The molecule has 0 atom stereocenters. The van der Waals surface area contributed by atoms with Crippen LogP contribution in [0.4, 0.5) is 4.39 Å². The van der Waals surface area contributed by atoms with E-state index in [1.54, 1.807) is 19.2 Å². The fraction of sp³-hybridized carbons (Fsp3) is 0.500. The average molecular weight is 196 g/mol. The van der Waals surface area contributed by atoms with E-state index in [2.05, 4.69) is 0 Å². The predicted molar refractivity (Wildman–Crippen MR) is 56.4 cm³/mol. The van der Waals surface area contributed by atoms with Crippen LogP contribution in [0.1, 0.15) is 37.8 Å². The second-order valence-corrected chi connectivity index (χ2v) is 3.69. The topological polar surface area (TPSA) is 9.23 Å². The van der Waals surface area contributed by atoms with Gasteiger partial charge in [0.25, 0.3) is 0 Å². The summed E-state index contributed by atoms with van der Waals surface area (Å²) >= 11 is 0. The zero-order chi connectivity index (χ0) is 10.7. The lowest BCUT2D eigenvalue weighted by molar-refractivity contribution is 0.407. The zero-order valence-corrected chi connectivity index (χ0v) is 9.23. The third kappa shape index (κ3) is 2.06. The van der Waals surface area contributed by atoms with Crippen LogP contribution in [0.3, 0.4) is 0 Å². The SMILES string of the molecule is CCc1cc(F)c(C(C)C)cc1OC. The summed E-state index contributed by atoms with van der Waals surface area (Å²) in [4.78, 5) is 0. The van der Waals surface area contributed by atoms with Crippen LogP contribution in [0, 0.1) is 5.82 Å². The van der Waals surface area contributed by atoms with Crippen LogP contribution in [-0.4, -0.2) is 7.11 Å². The summed E-state index contributed by atoms with van der Waals surface area (Å²) in [7, 11) is 1.62. The number of benzene rings is 1. The Bertz CT molecular complexity index is 318. The van der Waals surface area contributed by atoms with Crippen LogP contribution in [0.2, 0.25) is 0 Å². The molecule has 0 saturated heterocycles. The highest BCUT2D eigenvalue weighted by Crippen LogP contribution is 2.27. The maximum Gasteiger partial charge on any atom is 0.127 e. The molecule has 0 spiro atoms. The minimum Gasteiger partial charge on any atom is -0.496 e. The van der Waals surface area contributed by atoms with Crippen LogP contribution in [-0.2, 0) is 6.42 Å². The molecule has 14 heavy (non-hydrogen) atoms. The van der Waals surface area contributed by atoms with Gasteiger partial charge in [-0.3, -0.25) is 0 Å². The monoisotopic (exact) mass is 196 g/mol. The predicted octanol–water partition coefficient (Wildman–Crippen LogP) is 3.52. The van der Waals surface area contributed by atoms with E-state index >= 15 is 0 Å². The Balaban J connectivity index is 3.23. The van der Waals surface area contributed by atoms with Gasteiger partial charge in [0.05, 0.1) is 7.11 Å². The lowest BCUT2D eigenvalue weighted by Gasteiger charge is -2.12. The third-order valence-electron chi connectivity index (χ3n) is 2.40. The Labute approximate surface area is 84.9 Å². The summed E-state index contributed by atoms with van der Waals surface area (Å²) in [6, 6.07) is 3.38. The minimum atomic E-state index is -0.127. The molecule has 0 aliphatic rings. The maximum atomic E-state index is 13.5. The van der Waals surface area contributed by atoms with Gasteiger partial charge >= 0.3 is 0 Å². The van der Waals surface area contributed by atoms with Crippen LogP contribution in [0.5, 0.6) is 5.75 Å². The van der Waals surface area contributed by atoms with Gasteiger partial charge in [-0.25, -0.2) is 4.39 Å². The number of hydrogen-bond acceptors (Lipinski definition) is 1. The Hall–Kier alpha value is -1.05. The summed E-state index contributed by atoms with van der Waals surface area (Å²) in [5.74, 6) is 0.852. The lowest BCUT2D eigenvalue weighted by Crippen LogP contribution is -1.98. The maximum absolute atomic E-state index is 13.5. The van der Waals surface area contributed by atoms with E-state index < -0.39 is 0 Å². The fourth-order valence-electron chi connectivity index (χ4n) is 1.52. The molecule has 2 heteroatoms. The molecule has 0 saturated carbocycles. The third-order valence-corrected chi connectivity index (χ3v) is 2.40. The summed E-state index contributed by atoms with van der Waals surface area (Å²) in [6.45, 7) is 5.94. The van der Waals surface area contributed by atoms with Gasteiger partial charge in [0.15, 0.2) is 0 Å². The van der Waals surface area contributed by atoms with Crippen molar-refractivity contribution in [2.24, 2.45) is 0 Å². The van der Waals surface area contributed by atoms with Gasteiger partial charge in [-0.2, -0.15) is 0 Å². The number of halogens is 1. The molecule has 1 nitrogen and oxygen atoms in total. The van der Waals surface area contributed by atoms with Crippen molar-refractivity contribution >= 4 is 0 Å². The molecule has 1 rings (SSSR count). The van der Waals surface area contributed by atoms with Crippen molar-refractivity contribution in [2.75, 3.05) is 7.11 Å². The first-order valence-corrected chi connectivity index (χ1v) is 4.96. The highest BCUT2D eigenvalue weighted by molar-refractivity contribution is 5.39. The average Bonchev–Trinajstić information content (AvgIpc) is 2.16. The second-order valence-electron chi connectivity index (χ2n) is 3.69. The highest BCUT2D eigenvalue weighted by Gasteiger charge is 2.11. The molecule has 0 aliphatic heterocycles. The smallest absolute Gasteiger partial charge is 0.127 e. The quantitative estimate of drug-likeness (QED) is 0.718. The van der Waals surface area contributed by atoms with Crippen molar-refractivity contribution in [3.63, 3.8) is 0 Å². The lowest BCUT2D eigenvalue weighted by atomic mass is 9.99. The Morgan fingerprint density at radius 2 is 2.00 bits per heavy atom. The van der Waals surface area contributed by atoms with E-state index in [9.17, 15) is 4.39 Å². The number of ether oxygens (including phenoxy) is 1. The first kappa shape index (κ1) is 11.0. The Morgan fingerprint density at radius 1 is 1.36 bits per heavy atom. The minimum absolute atomic E-state index is 0.127. The summed E-state index contributed by atoms with van der Waals surface area (Å²) in [5.41, 5.74) is 1.65. The van der Waals surface area contributed by atoms with Crippen molar-refractivity contribution in [3.8, 4) is 5.75 Å². The largest absolute Gasteiger partial charge is 0.496 e. The fourth-order valence-corrected chi connectivity index (χ4v) is 1.52. The van der Waals surface area contributed by atoms with Gasteiger partial charge in [-0.15, -0.1) is 0 Å². The molecular weight excluding hydrogens is 179 g/mol. The number of methoxy groups -OCH3 is 1.